The number of alkyl halides is 3. The fraction of sp³-hybridized carbons (Fsp3) is 0.500. The summed E-state index contributed by atoms with van der Waals surface area (Å²) in [6.45, 7) is 1.70. The Labute approximate surface area is 177 Å². The van der Waals surface area contributed by atoms with Gasteiger partial charge in [-0.05, 0) is 25.2 Å². The maximum absolute atomic E-state index is 13.2. The highest BCUT2D eigenvalue weighted by atomic mass is 35.5. The molecule has 3 atom stereocenters. The molecule has 5 nitrogen and oxygen atoms in total. The zero-order chi connectivity index (χ0) is 21.0. The number of thiophene rings is 1. The number of nitrogens with zero attached hydrogens (tertiary/aromatic N) is 3. The van der Waals surface area contributed by atoms with Crippen molar-refractivity contribution < 1.29 is 22.8 Å². The van der Waals surface area contributed by atoms with E-state index in [9.17, 15) is 18.0 Å². The standard InChI is InChI=1S/C16H15Cl3F3N3O2S/c1-6(7-4-8(7)10-11(17)14(19)28-13(10)18)25(27-3)15(26)9-5-24(2)23-12(9)16(20,21)22/h5-8H,4H2,1-3H3. The lowest BCUT2D eigenvalue weighted by Gasteiger charge is -2.27. The van der Waals surface area contributed by atoms with Gasteiger partial charge in [-0.25, -0.2) is 5.06 Å². The van der Waals surface area contributed by atoms with Gasteiger partial charge in [0, 0.05) is 18.8 Å². The Hall–Kier alpha value is -1.00. The lowest BCUT2D eigenvalue weighted by molar-refractivity contribution is -0.144. The van der Waals surface area contributed by atoms with Gasteiger partial charge in [0.05, 0.1) is 28.1 Å². The molecule has 154 valence electrons. The second kappa shape index (κ2) is 7.68. The second-order valence-electron chi connectivity index (χ2n) is 6.50. The smallest absolute Gasteiger partial charge is 0.274 e. The molecule has 28 heavy (non-hydrogen) atoms. The molecule has 0 N–H and O–H groups in total. The van der Waals surface area contributed by atoms with Gasteiger partial charge in [-0.15, -0.1) is 11.3 Å². The van der Waals surface area contributed by atoms with Crippen LogP contribution >= 0.6 is 46.1 Å². The van der Waals surface area contributed by atoms with Crippen LogP contribution in [0.3, 0.4) is 0 Å². The summed E-state index contributed by atoms with van der Waals surface area (Å²) >= 11 is 19.6. The first kappa shape index (κ1) is 21.7. The van der Waals surface area contributed by atoms with E-state index in [0.717, 1.165) is 27.3 Å². The maximum atomic E-state index is 13.2. The molecule has 2 aromatic rings. The molecule has 3 unspecified atom stereocenters. The third-order valence-electron chi connectivity index (χ3n) is 4.72. The van der Waals surface area contributed by atoms with Crippen molar-refractivity contribution in [3.63, 3.8) is 0 Å². The highest BCUT2D eigenvalue weighted by Gasteiger charge is 2.49. The first-order chi connectivity index (χ1) is 13.0. The quantitative estimate of drug-likeness (QED) is 0.524. The van der Waals surface area contributed by atoms with Gasteiger partial charge < -0.3 is 0 Å². The number of aryl methyl sites for hydroxylation is 1. The van der Waals surface area contributed by atoms with E-state index in [1.54, 1.807) is 6.92 Å². The van der Waals surface area contributed by atoms with Crippen molar-refractivity contribution in [1.82, 2.24) is 14.8 Å². The predicted molar refractivity (Wildman–Crippen MR) is 101 cm³/mol. The average Bonchev–Trinajstić information content (AvgIpc) is 3.19. The van der Waals surface area contributed by atoms with E-state index in [2.05, 4.69) is 5.10 Å². The number of halogens is 6. The third-order valence-corrected chi connectivity index (χ3v) is 6.96. The fourth-order valence-corrected chi connectivity index (χ4v) is 5.43. The summed E-state index contributed by atoms with van der Waals surface area (Å²) in [5.74, 6) is -1.06. The molecule has 12 heteroatoms. The van der Waals surface area contributed by atoms with Crippen LogP contribution in [0.5, 0.6) is 0 Å². The second-order valence-corrected chi connectivity index (χ2v) is 9.10. The minimum atomic E-state index is -4.76. The van der Waals surface area contributed by atoms with E-state index < -0.39 is 29.4 Å². The van der Waals surface area contributed by atoms with Crippen LogP contribution in [0.15, 0.2) is 6.20 Å². The Kier molecular flexibility index (Phi) is 5.95. The van der Waals surface area contributed by atoms with Gasteiger partial charge in [0.25, 0.3) is 5.91 Å². The van der Waals surface area contributed by atoms with Crippen molar-refractivity contribution in [1.29, 1.82) is 0 Å². The molecule has 0 radical (unpaired) electrons. The predicted octanol–water partition coefficient (Wildman–Crippen LogP) is 5.66. The number of hydrogen-bond acceptors (Lipinski definition) is 4. The number of aromatic nitrogens is 2. The SMILES string of the molecule is CON(C(=O)c1cn(C)nc1C(F)(F)F)C(C)C1CC1c1c(Cl)sc(Cl)c1Cl. The van der Waals surface area contributed by atoms with Gasteiger partial charge in [0.2, 0.25) is 0 Å². The molecular weight excluding hydrogens is 462 g/mol. The molecular formula is C16H15Cl3F3N3O2S. The molecule has 3 rings (SSSR count). The number of amides is 1. The number of hydrogen-bond donors (Lipinski definition) is 0. The molecule has 1 fully saturated rings. The van der Waals surface area contributed by atoms with Crippen LogP contribution in [-0.4, -0.2) is 33.9 Å². The molecule has 1 aliphatic rings. The van der Waals surface area contributed by atoms with Crippen molar-refractivity contribution in [2.75, 3.05) is 7.11 Å². The van der Waals surface area contributed by atoms with Gasteiger partial charge in [-0.3, -0.25) is 14.3 Å². The third kappa shape index (κ3) is 3.87. The molecule has 0 saturated heterocycles. The first-order valence-corrected chi connectivity index (χ1v) is 10.0. The van der Waals surface area contributed by atoms with E-state index in [0.29, 0.717) is 25.7 Å². The molecule has 1 saturated carbocycles. The number of carbonyl (C=O) groups excluding carboxylic acids is 1. The molecule has 0 aliphatic heterocycles. The van der Waals surface area contributed by atoms with Crippen molar-refractivity contribution in [3.05, 3.63) is 36.7 Å². The Morgan fingerprint density at radius 3 is 2.54 bits per heavy atom. The summed E-state index contributed by atoms with van der Waals surface area (Å²) < 4.78 is 41.4. The Morgan fingerprint density at radius 2 is 2.04 bits per heavy atom. The maximum Gasteiger partial charge on any atom is 0.435 e. The summed E-state index contributed by atoms with van der Waals surface area (Å²) in [4.78, 5) is 17.9. The topological polar surface area (TPSA) is 47.4 Å². The highest BCUT2D eigenvalue weighted by Crippen LogP contribution is 2.57. The van der Waals surface area contributed by atoms with Gasteiger partial charge >= 0.3 is 6.18 Å². The summed E-state index contributed by atoms with van der Waals surface area (Å²) in [6.07, 6.45) is -3.08. The zero-order valence-electron chi connectivity index (χ0n) is 14.9. The van der Waals surface area contributed by atoms with Crippen molar-refractivity contribution in [3.8, 4) is 0 Å². The lowest BCUT2D eigenvalue weighted by atomic mass is 10.1. The Morgan fingerprint density at radius 1 is 1.39 bits per heavy atom. The van der Waals surface area contributed by atoms with Gasteiger partial charge in [0.1, 0.15) is 4.34 Å². The highest BCUT2D eigenvalue weighted by molar-refractivity contribution is 7.20. The summed E-state index contributed by atoms with van der Waals surface area (Å²) in [5, 5.41) is 4.68. The number of rotatable bonds is 5. The van der Waals surface area contributed by atoms with E-state index in [1.807, 2.05) is 0 Å². The monoisotopic (exact) mass is 475 g/mol. The normalized spacial score (nSPS) is 20.3. The summed E-state index contributed by atoms with van der Waals surface area (Å²) in [7, 11) is 2.55. The zero-order valence-corrected chi connectivity index (χ0v) is 17.9. The molecule has 1 amide bonds. The van der Waals surface area contributed by atoms with Crippen LogP contribution in [0.2, 0.25) is 13.7 Å². The first-order valence-electron chi connectivity index (χ1n) is 8.09. The van der Waals surface area contributed by atoms with Crippen molar-refractivity contribution >= 4 is 52.0 Å². The van der Waals surface area contributed by atoms with E-state index in [4.69, 9.17) is 39.6 Å². The number of hydroxylamine groups is 2. The van der Waals surface area contributed by atoms with Crippen LogP contribution < -0.4 is 0 Å². The lowest BCUT2D eigenvalue weighted by Crippen LogP contribution is -2.40. The molecule has 2 aromatic heterocycles. The van der Waals surface area contributed by atoms with E-state index in [1.165, 1.54) is 14.2 Å². The van der Waals surface area contributed by atoms with Gasteiger partial charge in [-0.1, -0.05) is 34.8 Å². The van der Waals surface area contributed by atoms with Crippen LogP contribution in [0, 0.1) is 5.92 Å². The minimum absolute atomic E-state index is 0.0554. The van der Waals surface area contributed by atoms with Gasteiger partial charge in [-0.2, -0.15) is 18.3 Å². The van der Waals surface area contributed by atoms with Crippen LogP contribution in [0.1, 0.15) is 40.9 Å². The Balaban J connectivity index is 1.84. The van der Waals surface area contributed by atoms with E-state index >= 15 is 0 Å². The summed E-state index contributed by atoms with van der Waals surface area (Å²) in [6, 6.07) is -0.519. The fourth-order valence-electron chi connectivity index (χ4n) is 3.34. The molecule has 0 spiro atoms. The number of carbonyl (C=O) groups is 1. The molecule has 0 bridgehead atoms. The van der Waals surface area contributed by atoms with Crippen molar-refractivity contribution in [2.24, 2.45) is 13.0 Å². The molecule has 1 aliphatic carbocycles. The van der Waals surface area contributed by atoms with Crippen LogP contribution in [-0.2, 0) is 18.1 Å². The van der Waals surface area contributed by atoms with Gasteiger partial charge in [0.15, 0.2) is 5.69 Å². The van der Waals surface area contributed by atoms with Crippen LogP contribution in [0.25, 0.3) is 0 Å². The minimum Gasteiger partial charge on any atom is -0.274 e. The Bertz CT molecular complexity index is 915. The average molecular weight is 477 g/mol. The molecule has 0 aromatic carbocycles. The van der Waals surface area contributed by atoms with Crippen molar-refractivity contribution in [2.45, 2.75) is 31.5 Å². The largest absolute Gasteiger partial charge is 0.435 e. The van der Waals surface area contributed by atoms with E-state index in [-0.39, 0.29) is 11.8 Å². The molecule has 2 heterocycles. The van der Waals surface area contributed by atoms with Crippen LogP contribution in [0.4, 0.5) is 13.2 Å². The summed E-state index contributed by atoms with van der Waals surface area (Å²) in [5.41, 5.74) is -1.12.